The molecule has 0 fully saturated rings. The van der Waals surface area contributed by atoms with Crippen LogP contribution in [0.15, 0.2) is 77.7 Å². The topological polar surface area (TPSA) is 80.6 Å². The zero-order valence-corrected chi connectivity index (χ0v) is 19.1. The Morgan fingerprint density at radius 2 is 1.36 bits per heavy atom. The molecule has 4 aromatic heterocycles. The number of nitrogens with zero attached hydrogens (tertiary/aromatic N) is 6. The lowest BCUT2D eigenvalue weighted by Crippen LogP contribution is -1.91. The lowest BCUT2D eigenvalue weighted by molar-refractivity contribution is 0.290. The van der Waals surface area contributed by atoms with Crippen LogP contribution >= 0.6 is 15.9 Å². The van der Waals surface area contributed by atoms with Gasteiger partial charge in [-0.25, -0.2) is 19.9 Å². The highest BCUT2D eigenvalue weighted by Crippen LogP contribution is 2.16. The first-order chi connectivity index (χ1) is 16.2. The maximum absolute atomic E-state index is 8.69. The zero-order chi connectivity index (χ0) is 22.6. The molecular formula is C25H19BrN6O. The first-order valence-corrected chi connectivity index (χ1v) is 11.3. The summed E-state index contributed by atoms with van der Waals surface area (Å²) in [4.78, 5) is 17.6. The largest absolute Gasteiger partial charge is 0.396 e. The van der Waals surface area contributed by atoms with Gasteiger partial charge in [0.25, 0.3) is 0 Å². The van der Waals surface area contributed by atoms with Gasteiger partial charge in [-0.1, -0.05) is 30.2 Å². The van der Waals surface area contributed by atoms with E-state index in [-0.39, 0.29) is 6.61 Å². The minimum atomic E-state index is 0.173. The van der Waals surface area contributed by atoms with E-state index >= 15 is 0 Å². The fourth-order valence-corrected chi connectivity index (χ4v) is 3.74. The molecule has 0 unspecified atom stereocenters. The molecule has 6 rings (SSSR count). The van der Waals surface area contributed by atoms with Gasteiger partial charge in [0, 0.05) is 25.4 Å². The van der Waals surface area contributed by atoms with Crippen molar-refractivity contribution in [1.82, 2.24) is 28.7 Å². The van der Waals surface area contributed by atoms with E-state index in [2.05, 4.69) is 47.7 Å². The summed E-state index contributed by atoms with van der Waals surface area (Å²) in [6.07, 6.45) is 5.28. The first kappa shape index (κ1) is 21.1. The van der Waals surface area contributed by atoms with Crippen LogP contribution in [-0.2, 0) is 0 Å². The number of aliphatic hydroxyl groups is 1. The number of halogens is 1. The Balaban J connectivity index is 0.000000144. The average molecular weight is 499 g/mol. The third kappa shape index (κ3) is 4.42. The molecule has 6 aromatic rings. The number of fused-ring (bicyclic) bond motifs is 6. The predicted octanol–water partition coefficient (Wildman–Crippen LogP) is 4.65. The predicted molar refractivity (Wildman–Crippen MR) is 132 cm³/mol. The van der Waals surface area contributed by atoms with Crippen LogP contribution < -0.4 is 0 Å². The van der Waals surface area contributed by atoms with Gasteiger partial charge in [-0.3, -0.25) is 8.80 Å². The quantitative estimate of drug-likeness (QED) is 0.213. The second kappa shape index (κ2) is 9.36. The van der Waals surface area contributed by atoms with Crippen LogP contribution in [0.5, 0.6) is 0 Å². The first-order valence-electron chi connectivity index (χ1n) is 10.5. The van der Waals surface area contributed by atoms with Crippen molar-refractivity contribution < 1.29 is 5.11 Å². The van der Waals surface area contributed by atoms with Crippen LogP contribution in [0.4, 0.5) is 0 Å². The summed E-state index contributed by atoms with van der Waals surface area (Å²) in [6.45, 7) is 0.173. The molecule has 0 bridgehead atoms. The van der Waals surface area contributed by atoms with E-state index in [1.54, 1.807) is 0 Å². The maximum Gasteiger partial charge on any atom is 0.236 e. The lowest BCUT2D eigenvalue weighted by Gasteiger charge is -1.94. The van der Waals surface area contributed by atoms with Crippen LogP contribution in [0, 0.1) is 11.8 Å². The van der Waals surface area contributed by atoms with E-state index in [9.17, 15) is 0 Å². The zero-order valence-electron chi connectivity index (χ0n) is 17.6. The van der Waals surface area contributed by atoms with E-state index < -0.39 is 0 Å². The van der Waals surface area contributed by atoms with E-state index in [1.165, 1.54) is 0 Å². The monoisotopic (exact) mass is 498 g/mol. The molecule has 0 saturated carbocycles. The number of para-hydroxylation sites is 4. The van der Waals surface area contributed by atoms with Crippen LogP contribution in [0.25, 0.3) is 33.6 Å². The van der Waals surface area contributed by atoms with E-state index in [1.807, 2.05) is 81.9 Å². The van der Waals surface area contributed by atoms with Gasteiger partial charge in [-0.05, 0) is 64.7 Å². The summed E-state index contributed by atoms with van der Waals surface area (Å²) in [5, 5.41) is 8.69. The maximum atomic E-state index is 8.69. The number of hydrogen-bond acceptors (Lipinski definition) is 5. The number of unbranched alkanes of at least 4 members (excludes halogenated alkanes) is 1. The van der Waals surface area contributed by atoms with E-state index in [0.29, 0.717) is 24.3 Å². The minimum Gasteiger partial charge on any atom is -0.396 e. The molecule has 0 aliphatic rings. The van der Waals surface area contributed by atoms with Crippen LogP contribution in [0.3, 0.4) is 0 Å². The van der Waals surface area contributed by atoms with E-state index in [4.69, 9.17) is 5.11 Å². The molecule has 0 radical (unpaired) electrons. The summed E-state index contributed by atoms with van der Waals surface area (Å²) < 4.78 is 4.73. The fourth-order valence-electron chi connectivity index (χ4n) is 3.46. The Hall–Kier alpha value is -3.80. The van der Waals surface area contributed by atoms with Gasteiger partial charge < -0.3 is 5.11 Å². The molecule has 1 N–H and O–H groups in total. The van der Waals surface area contributed by atoms with Crippen molar-refractivity contribution in [2.45, 2.75) is 12.8 Å². The number of aromatic nitrogens is 6. The lowest BCUT2D eigenvalue weighted by atomic mass is 10.3. The van der Waals surface area contributed by atoms with Crippen molar-refractivity contribution in [2.75, 3.05) is 6.61 Å². The SMILES string of the molecule is Brc1ccn2c(n1)nc1ccccc12.OCCCC#Cc1ccn2c(n1)nc1ccccc12. The Labute approximate surface area is 197 Å². The van der Waals surface area contributed by atoms with Gasteiger partial charge >= 0.3 is 0 Å². The van der Waals surface area contributed by atoms with Crippen molar-refractivity contribution in [2.24, 2.45) is 0 Å². The summed E-state index contributed by atoms with van der Waals surface area (Å²) in [7, 11) is 0. The molecule has 0 aliphatic heterocycles. The molecule has 33 heavy (non-hydrogen) atoms. The van der Waals surface area contributed by atoms with Gasteiger partial charge in [0.05, 0.1) is 22.1 Å². The summed E-state index contributed by atoms with van der Waals surface area (Å²) in [6, 6.07) is 19.7. The Bertz CT molecular complexity index is 1640. The molecule has 8 heteroatoms. The highest BCUT2D eigenvalue weighted by molar-refractivity contribution is 9.10. The molecule has 2 aromatic carbocycles. The highest BCUT2D eigenvalue weighted by atomic mass is 79.9. The number of rotatable bonds is 2. The van der Waals surface area contributed by atoms with Crippen molar-refractivity contribution in [3.8, 4) is 11.8 Å². The third-order valence-electron chi connectivity index (χ3n) is 5.00. The minimum absolute atomic E-state index is 0.173. The smallest absolute Gasteiger partial charge is 0.236 e. The Kier molecular flexibility index (Phi) is 5.98. The molecule has 0 atom stereocenters. The molecule has 0 spiro atoms. The van der Waals surface area contributed by atoms with Crippen LogP contribution in [-0.4, -0.2) is 40.5 Å². The van der Waals surface area contributed by atoms with Crippen molar-refractivity contribution in [1.29, 1.82) is 0 Å². The number of imidazole rings is 2. The number of aliphatic hydroxyl groups excluding tert-OH is 1. The molecule has 7 nitrogen and oxygen atoms in total. The Morgan fingerprint density at radius 1 is 0.758 bits per heavy atom. The summed E-state index contributed by atoms with van der Waals surface area (Å²) in [5.41, 5.74) is 4.74. The number of benzene rings is 2. The van der Waals surface area contributed by atoms with Gasteiger partial charge in [-0.2, -0.15) is 0 Å². The normalized spacial score (nSPS) is 10.8. The second-order valence-electron chi connectivity index (χ2n) is 7.23. The van der Waals surface area contributed by atoms with Gasteiger partial charge in [0.15, 0.2) is 0 Å². The Morgan fingerprint density at radius 3 is 2.03 bits per heavy atom. The van der Waals surface area contributed by atoms with Gasteiger partial charge in [0.1, 0.15) is 10.3 Å². The van der Waals surface area contributed by atoms with E-state index in [0.717, 1.165) is 32.4 Å². The van der Waals surface area contributed by atoms with Crippen LogP contribution in [0.1, 0.15) is 18.5 Å². The highest BCUT2D eigenvalue weighted by Gasteiger charge is 2.05. The molecule has 0 saturated heterocycles. The second-order valence-corrected chi connectivity index (χ2v) is 8.05. The molecule has 0 amide bonds. The molecular weight excluding hydrogens is 480 g/mol. The number of hydrogen-bond donors (Lipinski definition) is 1. The molecule has 162 valence electrons. The molecule has 0 aliphatic carbocycles. The standard InChI is InChI=1S/C15H13N3O.C10H6BrN3/c19-11-5-1-2-6-12-9-10-18-14-8-4-3-7-13(14)17-15(18)16-12;11-9-5-6-14-8-4-2-1-3-7(8)12-10(14)13-9/h3-4,7-10,19H,1,5,11H2;1-6H. The molecule has 4 heterocycles. The average Bonchev–Trinajstić information content (AvgIpc) is 3.39. The van der Waals surface area contributed by atoms with Gasteiger partial charge in [-0.15, -0.1) is 0 Å². The van der Waals surface area contributed by atoms with Gasteiger partial charge in [0.2, 0.25) is 11.6 Å². The van der Waals surface area contributed by atoms with Crippen molar-refractivity contribution in [3.63, 3.8) is 0 Å². The fraction of sp³-hybridized carbons (Fsp3) is 0.120. The van der Waals surface area contributed by atoms with Crippen molar-refractivity contribution >= 4 is 49.6 Å². The van der Waals surface area contributed by atoms with Crippen LogP contribution in [0.2, 0.25) is 0 Å². The van der Waals surface area contributed by atoms with Crippen molar-refractivity contribution in [3.05, 3.63) is 83.4 Å². The third-order valence-corrected chi connectivity index (χ3v) is 5.44. The summed E-state index contributed by atoms with van der Waals surface area (Å²) in [5.74, 6) is 7.37. The summed E-state index contributed by atoms with van der Waals surface area (Å²) >= 11 is 3.33.